The average Bonchev–Trinajstić information content (AvgIpc) is 2.50. The van der Waals surface area contributed by atoms with Crippen molar-refractivity contribution in [2.75, 3.05) is 0 Å². The first-order valence-electron chi connectivity index (χ1n) is 3.56. The van der Waals surface area contributed by atoms with E-state index in [0.717, 1.165) is 12.2 Å². The highest BCUT2D eigenvalue weighted by atomic mass is 16.5. The fraction of sp³-hybridized carbons (Fsp3) is 0.200. The van der Waals surface area contributed by atoms with E-state index in [0.29, 0.717) is 6.61 Å². The van der Waals surface area contributed by atoms with Crippen molar-refractivity contribution in [3.8, 4) is 12.3 Å². The van der Waals surface area contributed by atoms with Gasteiger partial charge in [0.05, 0.1) is 13.2 Å². The van der Waals surface area contributed by atoms with Crippen molar-refractivity contribution in [1.29, 1.82) is 0 Å². The number of terminal acetylenes is 1. The molecule has 1 aromatic rings. The van der Waals surface area contributed by atoms with Gasteiger partial charge in [-0.05, 0) is 23.3 Å². The molecule has 54 valence electrons. The molecule has 0 fully saturated rings. The van der Waals surface area contributed by atoms with E-state index in [-0.39, 0.29) is 0 Å². The van der Waals surface area contributed by atoms with Gasteiger partial charge in [0.15, 0.2) is 0 Å². The summed E-state index contributed by atoms with van der Waals surface area (Å²) in [4.78, 5) is 0. The van der Waals surface area contributed by atoms with Gasteiger partial charge in [0, 0.05) is 5.56 Å². The van der Waals surface area contributed by atoms with Crippen molar-refractivity contribution >= 4 is 0 Å². The maximum atomic E-state index is 5.25. The Morgan fingerprint density at radius 1 is 1.27 bits per heavy atom. The molecule has 0 amide bonds. The number of hydrogen-bond donors (Lipinski definition) is 0. The van der Waals surface area contributed by atoms with Crippen LogP contribution in [0.4, 0.5) is 0 Å². The third-order valence-corrected chi connectivity index (χ3v) is 1.89. The van der Waals surface area contributed by atoms with E-state index in [9.17, 15) is 0 Å². The van der Waals surface area contributed by atoms with Gasteiger partial charge >= 0.3 is 0 Å². The van der Waals surface area contributed by atoms with Crippen LogP contribution in [0.1, 0.15) is 16.7 Å². The van der Waals surface area contributed by atoms with Crippen LogP contribution in [-0.4, -0.2) is 0 Å². The molecule has 0 bridgehead atoms. The molecule has 0 spiro atoms. The van der Waals surface area contributed by atoms with Crippen molar-refractivity contribution in [1.82, 2.24) is 0 Å². The van der Waals surface area contributed by atoms with Crippen LogP contribution in [0.3, 0.4) is 0 Å². The Balaban J connectivity index is 2.51. The molecular formula is C10H8O. The first-order chi connectivity index (χ1) is 5.40. The van der Waals surface area contributed by atoms with Crippen LogP contribution in [0.25, 0.3) is 0 Å². The topological polar surface area (TPSA) is 9.23 Å². The minimum Gasteiger partial charge on any atom is -0.372 e. The molecule has 0 unspecified atom stereocenters. The SMILES string of the molecule is C#Cc1ccc2c(c1)COC2. The molecule has 0 aromatic heterocycles. The molecule has 1 aliphatic heterocycles. The fourth-order valence-corrected chi connectivity index (χ4v) is 1.26. The Bertz CT molecular complexity index is 320. The summed E-state index contributed by atoms with van der Waals surface area (Å²) in [7, 11) is 0. The van der Waals surface area contributed by atoms with Crippen molar-refractivity contribution < 1.29 is 4.74 Å². The number of benzene rings is 1. The Morgan fingerprint density at radius 3 is 2.91 bits per heavy atom. The molecule has 0 atom stereocenters. The third-order valence-electron chi connectivity index (χ3n) is 1.89. The highest BCUT2D eigenvalue weighted by molar-refractivity contribution is 5.40. The normalized spacial score (nSPS) is 14.1. The second-order valence-corrected chi connectivity index (χ2v) is 2.62. The van der Waals surface area contributed by atoms with Crippen LogP contribution >= 0.6 is 0 Å². The molecule has 2 rings (SSSR count). The van der Waals surface area contributed by atoms with E-state index in [1.165, 1.54) is 11.1 Å². The Labute approximate surface area is 66.0 Å². The summed E-state index contributed by atoms with van der Waals surface area (Å²) in [6.45, 7) is 1.45. The second-order valence-electron chi connectivity index (χ2n) is 2.62. The monoisotopic (exact) mass is 144 g/mol. The molecule has 1 heterocycles. The molecule has 0 saturated carbocycles. The lowest BCUT2D eigenvalue weighted by Crippen LogP contribution is -1.82. The standard InChI is InChI=1S/C10H8O/c1-2-8-3-4-9-6-11-7-10(9)5-8/h1,3-5H,6-7H2. The lowest BCUT2D eigenvalue weighted by molar-refractivity contribution is 0.134. The van der Waals surface area contributed by atoms with Crippen molar-refractivity contribution in [3.05, 3.63) is 34.9 Å². The van der Waals surface area contributed by atoms with Crippen LogP contribution < -0.4 is 0 Å². The van der Waals surface area contributed by atoms with Gasteiger partial charge in [-0.2, -0.15) is 0 Å². The van der Waals surface area contributed by atoms with Crippen molar-refractivity contribution in [2.24, 2.45) is 0 Å². The lowest BCUT2D eigenvalue weighted by atomic mass is 10.1. The van der Waals surface area contributed by atoms with E-state index >= 15 is 0 Å². The third kappa shape index (κ3) is 1.02. The highest BCUT2D eigenvalue weighted by Crippen LogP contribution is 2.20. The highest BCUT2D eigenvalue weighted by Gasteiger charge is 2.09. The Morgan fingerprint density at radius 2 is 2.09 bits per heavy atom. The van der Waals surface area contributed by atoms with E-state index in [2.05, 4.69) is 5.92 Å². The summed E-state index contributed by atoms with van der Waals surface area (Å²) < 4.78 is 5.25. The largest absolute Gasteiger partial charge is 0.372 e. The van der Waals surface area contributed by atoms with E-state index in [1.54, 1.807) is 0 Å². The summed E-state index contributed by atoms with van der Waals surface area (Å²) in [6, 6.07) is 6.01. The van der Waals surface area contributed by atoms with Crippen molar-refractivity contribution in [3.63, 3.8) is 0 Å². The zero-order valence-corrected chi connectivity index (χ0v) is 6.13. The van der Waals surface area contributed by atoms with Gasteiger partial charge in [-0.25, -0.2) is 0 Å². The first kappa shape index (κ1) is 6.45. The minimum absolute atomic E-state index is 0.713. The Kier molecular flexibility index (Phi) is 1.41. The molecule has 1 aromatic carbocycles. The second kappa shape index (κ2) is 2.41. The summed E-state index contributed by atoms with van der Waals surface area (Å²) in [5, 5.41) is 0. The van der Waals surface area contributed by atoms with Crippen LogP contribution in [0.15, 0.2) is 18.2 Å². The van der Waals surface area contributed by atoms with Gasteiger partial charge in [0.25, 0.3) is 0 Å². The predicted molar refractivity (Wildman–Crippen MR) is 42.9 cm³/mol. The maximum Gasteiger partial charge on any atom is 0.0725 e. The van der Waals surface area contributed by atoms with Crippen LogP contribution in [0.2, 0.25) is 0 Å². The lowest BCUT2D eigenvalue weighted by Gasteiger charge is -1.95. The molecule has 0 saturated heterocycles. The number of fused-ring (bicyclic) bond motifs is 1. The van der Waals surface area contributed by atoms with Gasteiger partial charge in [-0.15, -0.1) is 6.42 Å². The molecule has 1 heteroatoms. The summed E-state index contributed by atoms with van der Waals surface area (Å²) in [5.41, 5.74) is 3.44. The predicted octanol–water partition coefficient (Wildman–Crippen LogP) is 1.70. The smallest absolute Gasteiger partial charge is 0.0725 e. The first-order valence-corrected chi connectivity index (χ1v) is 3.56. The van der Waals surface area contributed by atoms with Gasteiger partial charge in [-0.3, -0.25) is 0 Å². The zero-order chi connectivity index (χ0) is 7.68. The zero-order valence-electron chi connectivity index (χ0n) is 6.13. The van der Waals surface area contributed by atoms with Gasteiger partial charge in [0.2, 0.25) is 0 Å². The maximum absolute atomic E-state index is 5.25. The quantitative estimate of drug-likeness (QED) is 0.503. The van der Waals surface area contributed by atoms with Gasteiger partial charge in [0.1, 0.15) is 0 Å². The van der Waals surface area contributed by atoms with Gasteiger partial charge < -0.3 is 4.74 Å². The summed E-state index contributed by atoms with van der Waals surface area (Å²) in [5.74, 6) is 2.60. The van der Waals surface area contributed by atoms with Crippen molar-refractivity contribution in [2.45, 2.75) is 13.2 Å². The molecule has 1 aliphatic rings. The minimum atomic E-state index is 0.713. The van der Waals surface area contributed by atoms with E-state index in [1.807, 2.05) is 18.2 Å². The molecule has 0 radical (unpaired) electrons. The summed E-state index contributed by atoms with van der Waals surface area (Å²) >= 11 is 0. The van der Waals surface area contributed by atoms with E-state index in [4.69, 9.17) is 11.2 Å². The molecule has 0 N–H and O–H groups in total. The van der Waals surface area contributed by atoms with Crippen LogP contribution in [-0.2, 0) is 18.0 Å². The molecule has 11 heavy (non-hydrogen) atoms. The van der Waals surface area contributed by atoms with E-state index < -0.39 is 0 Å². The Hall–Kier alpha value is -1.26. The fourth-order valence-electron chi connectivity index (χ4n) is 1.26. The molecule has 0 aliphatic carbocycles. The van der Waals surface area contributed by atoms with Gasteiger partial charge in [-0.1, -0.05) is 12.0 Å². The number of ether oxygens (including phenoxy) is 1. The summed E-state index contributed by atoms with van der Waals surface area (Å²) in [6.07, 6.45) is 5.25. The molecule has 1 nitrogen and oxygen atoms in total. The van der Waals surface area contributed by atoms with Crippen LogP contribution in [0.5, 0.6) is 0 Å². The number of rotatable bonds is 0. The molecular weight excluding hydrogens is 136 g/mol. The van der Waals surface area contributed by atoms with Crippen LogP contribution in [0, 0.1) is 12.3 Å². The average molecular weight is 144 g/mol. The number of hydrogen-bond acceptors (Lipinski definition) is 1.